The molecule has 0 spiro atoms. The highest BCUT2D eigenvalue weighted by atomic mass is 19.1. The van der Waals surface area contributed by atoms with E-state index in [9.17, 15) is 9.50 Å². The van der Waals surface area contributed by atoms with Crippen LogP contribution < -0.4 is 5.32 Å². The van der Waals surface area contributed by atoms with E-state index in [1.165, 1.54) is 6.07 Å². The Hall–Kier alpha value is -1.87. The number of phenolic OH excluding ortho intramolecular Hbond substituents is 1. The van der Waals surface area contributed by atoms with E-state index in [0.29, 0.717) is 12.3 Å². The van der Waals surface area contributed by atoms with Crippen LogP contribution in [0.5, 0.6) is 5.75 Å². The zero-order valence-corrected chi connectivity index (χ0v) is 10.6. The van der Waals surface area contributed by atoms with Crippen LogP contribution in [0.2, 0.25) is 0 Å². The van der Waals surface area contributed by atoms with Gasteiger partial charge in [0, 0.05) is 18.2 Å². The molecule has 1 atom stereocenters. The van der Waals surface area contributed by atoms with Crippen LogP contribution in [-0.4, -0.2) is 5.11 Å². The molecule has 2 aromatic carbocycles. The minimum atomic E-state index is -0.107. The van der Waals surface area contributed by atoms with Gasteiger partial charge in [0.05, 0.1) is 0 Å². The highest BCUT2D eigenvalue weighted by molar-refractivity contribution is 5.36. The predicted octanol–water partition coefficient (Wildman–Crippen LogP) is 3.31. The van der Waals surface area contributed by atoms with Crippen LogP contribution in [0, 0.1) is 5.82 Å². The number of hydrogen-bond donors (Lipinski definition) is 2. The molecular formula is C16H16FNO. The van der Waals surface area contributed by atoms with E-state index in [0.717, 1.165) is 29.5 Å². The first kappa shape index (κ1) is 12.2. The Bertz CT molecular complexity index is 597. The van der Waals surface area contributed by atoms with E-state index in [1.54, 1.807) is 18.2 Å². The molecule has 0 amide bonds. The first-order valence-corrected chi connectivity index (χ1v) is 6.53. The van der Waals surface area contributed by atoms with Crippen molar-refractivity contribution in [2.75, 3.05) is 0 Å². The van der Waals surface area contributed by atoms with Crippen LogP contribution in [0.15, 0.2) is 42.5 Å². The number of rotatable bonds is 3. The topological polar surface area (TPSA) is 32.3 Å². The summed E-state index contributed by atoms with van der Waals surface area (Å²) < 4.78 is 13.6. The number of fused-ring (bicyclic) bond motifs is 1. The molecule has 2 N–H and O–H groups in total. The maximum absolute atomic E-state index is 13.6. The van der Waals surface area contributed by atoms with Gasteiger partial charge in [0.25, 0.3) is 0 Å². The van der Waals surface area contributed by atoms with Gasteiger partial charge in [-0.3, -0.25) is 0 Å². The molecule has 98 valence electrons. The number of para-hydroxylation sites is 1. The summed E-state index contributed by atoms with van der Waals surface area (Å²) in [5, 5.41) is 13.1. The van der Waals surface area contributed by atoms with E-state index in [-0.39, 0.29) is 11.9 Å². The van der Waals surface area contributed by atoms with Crippen molar-refractivity contribution < 1.29 is 9.50 Å². The van der Waals surface area contributed by atoms with Gasteiger partial charge in [0.2, 0.25) is 0 Å². The first-order chi connectivity index (χ1) is 9.25. The second-order valence-corrected chi connectivity index (χ2v) is 4.91. The van der Waals surface area contributed by atoms with Gasteiger partial charge < -0.3 is 10.4 Å². The molecule has 0 aliphatic heterocycles. The molecule has 2 nitrogen and oxygen atoms in total. The molecule has 0 fully saturated rings. The number of halogens is 1. The molecule has 0 aromatic heterocycles. The minimum absolute atomic E-state index is 0.107. The Kier molecular flexibility index (Phi) is 3.22. The molecule has 1 aliphatic rings. The van der Waals surface area contributed by atoms with Gasteiger partial charge in [0.15, 0.2) is 0 Å². The van der Waals surface area contributed by atoms with Crippen LogP contribution in [0.1, 0.15) is 29.2 Å². The van der Waals surface area contributed by atoms with Crippen molar-refractivity contribution in [3.05, 3.63) is 65.0 Å². The number of phenols is 1. The Labute approximate surface area is 111 Å². The SMILES string of the molecule is Oc1ccccc1CNC1CCc2c(F)cccc21. The summed E-state index contributed by atoms with van der Waals surface area (Å²) in [5.41, 5.74) is 2.75. The van der Waals surface area contributed by atoms with Gasteiger partial charge in [-0.2, -0.15) is 0 Å². The van der Waals surface area contributed by atoms with Gasteiger partial charge in [-0.25, -0.2) is 4.39 Å². The monoisotopic (exact) mass is 257 g/mol. The molecule has 1 unspecified atom stereocenters. The maximum atomic E-state index is 13.6. The van der Waals surface area contributed by atoms with E-state index in [1.807, 2.05) is 18.2 Å². The second kappa shape index (κ2) is 5.02. The average molecular weight is 257 g/mol. The van der Waals surface area contributed by atoms with Gasteiger partial charge in [-0.1, -0.05) is 30.3 Å². The molecule has 0 radical (unpaired) electrons. The lowest BCUT2D eigenvalue weighted by Gasteiger charge is -2.14. The molecule has 0 bridgehead atoms. The van der Waals surface area contributed by atoms with Gasteiger partial charge in [-0.15, -0.1) is 0 Å². The van der Waals surface area contributed by atoms with Crippen molar-refractivity contribution in [1.82, 2.24) is 5.32 Å². The van der Waals surface area contributed by atoms with Crippen LogP contribution in [0.3, 0.4) is 0 Å². The minimum Gasteiger partial charge on any atom is -0.508 e. The maximum Gasteiger partial charge on any atom is 0.126 e. The zero-order valence-electron chi connectivity index (χ0n) is 10.6. The molecule has 19 heavy (non-hydrogen) atoms. The van der Waals surface area contributed by atoms with E-state index >= 15 is 0 Å². The van der Waals surface area contributed by atoms with Crippen molar-refractivity contribution in [3.63, 3.8) is 0 Å². The van der Waals surface area contributed by atoms with Gasteiger partial charge in [-0.05, 0) is 36.1 Å². The van der Waals surface area contributed by atoms with E-state index in [2.05, 4.69) is 5.32 Å². The molecule has 1 aliphatic carbocycles. The van der Waals surface area contributed by atoms with Crippen molar-refractivity contribution in [1.29, 1.82) is 0 Å². The molecular weight excluding hydrogens is 241 g/mol. The molecule has 0 saturated heterocycles. The summed E-state index contributed by atoms with van der Waals surface area (Å²) in [6.07, 6.45) is 1.68. The lowest BCUT2D eigenvalue weighted by Crippen LogP contribution is -2.18. The van der Waals surface area contributed by atoms with Crippen molar-refractivity contribution in [2.24, 2.45) is 0 Å². The van der Waals surface area contributed by atoms with Crippen LogP contribution in [-0.2, 0) is 13.0 Å². The lowest BCUT2D eigenvalue weighted by molar-refractivity contribution is 0.456. The third-order valence-corrected chi connectivity index (χ3v) is 3.74. The zero-order chi connectivity index (χ0) is 13.2. The van der Waals surface area contributed by atoms with Crippen LogP contribution in [0.4, 0.5) is 4.39 Å². The fourth-order valence-electron chi connectivity index (χ4n) is 2.72. The summed E-state index contributed by atoms with van der Waals surface area (Å²) >= 11 is 0. The quantitative estimate of drug-likeness (QED) is 0.884. The second-order valence-electron chi connectivity index (χ2n) is 4.91. The lowest BCUT2D eigenvalue weighted by atomic mass is 10.1. The molecule has 2 aromatic rings. The van der Waals surface area contributed by atoms with Gasteiger partial charge >= 0.3 is 0 Å². The Morgan fingerprint density at radius 2 is 2.00 bits per heavy atom. The number of aromatic hydroxyl groups is 1. The molecule has 3 heteroatoms. The Morgan fingerprint density at radius 3 is 2.84 bits per heavy atom. The summed E-state index contributed by atoms with van der Waals surface area (Å²) in [7, 11) is 0. The number of nitrogens with one attached hydrogen (secondary N) is 1. The highest BCUT2D eigenvalue weighted by Gasteiger charge is 2.24. The molecule has 3 rings (SSSR count). The van der Waals surface area contributed by atoms with Crippen molar-refractivity contribution in [2.45, 2.75) is 25.4 Å². The smallest absolute Gasteiger partial charge is 0.126 e. The molecule has 0 saturated carbocycles. The van der Waals surface area contributed by atoms with E-state index in [4.69, 9.17) is 0 Å². The number of benzene rings is 2. The summed E-state index contributed by atoms with van der Waals surface area (Å²) in [6, 6.07) is 12.7. The third-order valence-electron chi connectivity index (χ3n) is 3.74. The van der Waals surface area contributed by atoms with Gasteiger partial charge in [0.1, 0.15) is 11.6 Å². The molecule has 0 heterocycles. The Balaban J connectivity index is 1.74. The van der Waals surface area contributed by atoms with E-state index < -0.39 is 0 Å². The van der Waals surface area contributed by atoms with Crippen molar-refractivity contribution in [3.8, 4) is 5.75 Å². The van der Waals surface area contributed by atoms with Crippen LogP contribution in [0.25, 0.3) is 0 Å². The first-order valence-electron chi connectivity index (χ1n) is 6.53. The third kappa shape index (κ3) is 2.34. The summed E-state index contributed by atoms with van der Waals surface area (Å²) in [5.74, 6) is 0.192. The fraction of sp³-hybridized carbons (Fsp3) is 0.250. The predicted molar refractivity (Wildman–Crippen MR) is 72.4 cm³/mol. The number of hydrogen-bond acceptors (Lipinski definition) is 2. The highest BCUT2D eigenvalue weighted by Crippen LogP contribution is 2.33. The van der Waals surface area contributed by atoms with Crippen molar-refractivity contribution >= 4 is 0 Å². The summed E-state index contributed by atoms with van der Waals surface area (Å²) in [4.78, 5) is 0. The standard InChI is InChI=1S/C16H16FNO/c17-14-6-3-5-13-12(14)8-9-15(13)18-10-11-4-1-2-7-16(11)19/h1-7,15,18-19H,8-10H2. The fourth-order valence-corrected chi connectivity index (χ4v) is 2.72. The largest absolute Gasteiger partial charge is 0.508 e. The average Bonchev–Trinajstić information content (AvgIpc) is 2.83. The Morgan fingerprint density at radius 1 is 1.16 bits per heavy atom. The summed E-state index contributed by atoms with van der Waals surface area (Å²) in [6.45, 7) is 0.591. The normalized spacial score (nSPS) is 17.4. The van der Waals surface area contributed by atoms with Crippen LogP contribution >= 0.6 is 0 Å².